The molecule has 8 bridgehead atoms. The smallest absolute Gasteiger partial charge is 0.315 e. The molecular formula is C51H68O6. The lowest BCUT2D eigenvalue weighted by atomic mass is 9.75. The van der Waals surface area contributed by atoms with Crippen molar-refractivity contribution in [3.8, 4) is 23.0 Å². The van der Waals surface area contributed by atoms with E-state index in [1.807, 2.05) is 12.1 Å². The molecule has 5 rings (SSSR count). The second kappa shape index (κ2) is 15.7. The monoisotopic (exact) mass is 777 g/mol. The van der Waals surface area contributed by atoms with Crippen LogP contribution >= 0.6 is 0 Å². The Balaban J connectivity index is 2.11. The van der Waals surface area contributed by atoms with Gasteiger partial charge in [0.1, 0.15) is 28.9 Å². The van der Waals surface area contributed by atoms with Crippen LogP contribution in [0.25, 0.3) is 0 Å². The minimum absolute atomic E-state index is 0.0574. The largest absolute Gasteiger partial charge is 0.496 e. The highest BCUT2D eigenvalue weighted by atomic mass is 16.5. The molecule has 0 heterocycles. The highest BCUT2D eigenvalue weighted by molar-refractivity contribution is 5.84. The van der Waals surface area contributed by atoms with E-state index >= 15 is 0 Å². The number of benzene rings is 4. The Labute approximate surface area is 343 Å². The fourth-order valence-corrected chi connectivity index (χ4v) is 8.50. The minimum atomic E-state index is -1.09. The van der Waals surface area contributed by atoms with Crippen molar-refractivity contribution in [3.05, 3.63) is 115 Å². The summed E-state index contributed by atoms with van der Waals surface area (Å²) in [6.45, 7) is 28.7. The molecule has 0 saturated heterocycles. The molecule has 0 spiro atoms. The van der Waals surface area contributed by atoms with Crippen molar-refractivity contribution in [1.29, 1.82) is 0 Å². The average molecular weight is 777 g/mol. The Kier molecular flexibility index (Phi) is 12.0. The molecule has 308 valence electrons. The van der Waals surface area contributed by atoms with Gasteiger partial charge >= 0.3 is 5.97 Å². The van der Waals surface area contributed by atoms with Gasteiger partial charge in [0.2, 0.25) is 0 Å². The van der Waals surface area contributed by atoms with Crippen molar-refractivity contribution >= 4 is 5.97 Å². The predicted octanol–water partition coefficient (Wildman–Crippen LogP) is 12.2. The van der Waals surface area contributed by atoms with Gasteiger partial charge in [0, 0.05) is 41.0 Å². The maximum Gasteiger partial charge on any atom is 0.315 e. The van der Waals surface area contributed by atoms with Gasteiger partial charge in [-0.05, 0) is 72.6 Å². The summed E-state index contributed by atoms with van der Waals surface area (Å²) in [5.74, 6) is 0.651. The molecule has 0 unspecified atom stereocenters. The fraction of sp³-hybridized carbons (Fsp3) is 0.510. The number of methoxy groups -OCH3 is 4. The summed E-state index contributed by atoms with van der Waals surface area (Å²) in [4.78, 5) is 14.0. The van der Waals surface area contributed by atoms with Gasteiger partial charge in [-0.15, -0.1) is 0 Å². The van der Waals surface area contributed by atoms with Crippen LogP contribution in [-0.2, 0) is 39.3 Å². The molecule has 0 aromatic heterocycles. The number of carbonyl (C=O) groups is 1. The Morgan fingerprint density at radius 1 is 0.491 bits per heavy atom. The number of carboxylic acids is 1. The second-order valence-electron chi connectivity index (χ2n) is 20.1. The summed E-state index contributed by atoms with van der Waals surface area (Å²) in [5.41, 5.74) is 10.8. The van der Waals surface area contributed by atoms with E-state index in [9.17, 15) is 9.90 Å². The van der Waals surface area contributed by atoms with Crippen molar-refractivity contribution in [2.45, 2.75) is 143 Å². The number of aliphatic carboxylic acids is 1. The van der Waals surface area contributed by atoms with E-state index in [-0.39, 0.29) is 27.6 Å². The minimum Gasteiger partial charge on any atom is -0.496 e. The summed E-state index contributed by atoms with van der Waals surface area (Å²) >= 11 is 0. The summed E-state index contributed by atoms with van der Waals surface area (Å²) in [6.07, 6.45) is 1.75. The first-order chi connectivity index (χ1) is 26.4. The number of hydrogen-bond donors (Lipinski definition) is 1. The molecule has 1 aliphatic rings. The first kappa shape index (κ1) is 43.7. The van der Waals surface area contributed by atoms with Crippen LogP contribution in [0.4, 0.5) is 0 Å². The SMILES string of the molecule is CCC1c2cc(C(C)(C)C)cc(c2OC)Cc2cc(C(C)(C)C)cc(c2OC)C(C(=O)O)c2cc(C(C)(C)C)cc(c2OC)Cc2cc(C(C)(C)C)cc1c2OC. The zero-order chi connectivity index (χ0) is 42.6. The van der Waals surface area contributed by atoms with Gasteiger partial charge < -0.3 is 24.1 Å². The van der Waals surface area contributed by atoms with Crippen LogP contribution in [0.1, 0.15) is 175 Å². The number of carboxylic acid groups (broad SMARTS) is 1. The first-order valence-electron chi connectivity index (χ1n) is 20.5. The van der Waals surface area contributed by atoms with Crippen molar-refractivity contribution in [1.82, 2.24) is 0 Å². The van der Waals surface area contributed by atoms with Crippen molar-refractivity contribution in [2.24, 2.45) is 0 Å². The Morgan fingerprint density at radius 3 is 0.947 bits per heavy atom. The van der Waals surface area contributed by atoms with E-state index in [0.29, 0.717) is 35.5 Å². The topological polar surface area (TPSA) is 74.2 Å². The van der Waals surface area contributed by atoms with E-state index < -0.39 is 11.9 Å². The van der Waals surface area contributed by atoms with E-state index in [1.165, 1.54) is 11.1 Å². The number of ether oxygens (including phenoxy) is 4. The van der Waals surface area contributed by atoms with Gasteiger partial charge in [-0.1, -0.05) is 139 Å². The van der Waals surface area contributed by atoms with Crippen LogP contribution in [0.2, 0.25) is 0 Å². The van der Waals surface area contributed by atoms with Crippen LogP contribution < -0.4 is 18.9 Å². The van der Waals surface area contributed by atoms with Gasteiger partial charge in [0.25, 0.3) is 0 Å². The lowest BCUT2D eigenvalue weighted by Gasteiger charge is -2.31. The van der Waals surface area contributed by atoms with Gasteiger partial charge in [-0.2, -0.15) is 0 Å². The Morgan fingerprint density at radius 2 is 0.737 bits per heavy atom. The van der Waals surface area contributed by atoms with Crippen molar-refractivity contribution in [2.75, 3.05) is 28.4 Å². The third-order valence-electron chi connectivity index (χ3n) is 11.8. The molecule has 0 aliphatic heterocycles. The molecule has 57 heavy (non-hydrogen) atoms. The third-order valence-corrected chi connectivity index (χ3v) is 11.8. The highest BCUT2D eigenvalue weighted by Crippen LogP contribution is 2.49. The molecule has 1 N–H and O–H groups in total. The molecule has 6 nitrogen and oxygen atoms in total. The first-order valence-corrected chi connectivity index (χ1v) is 20.5. The Bertz CT molecular complexity index is 2000. The average Bonchev–Trinajstić information content (AvgIpc) is 3.09. The molecule has 0 saturated carbocycles. The fourth-order valence-electron chi connectivity index (χ4n) is 8.50. The zero-order valence-electron chi connectivity index (χ0n) is 37.9. The molecular weight excluding hydrogens is 709 g/mol. The van der Waals surface area contributed by atoms with Crippen LogP contribution in [0.5, 0.6) is 23.0 Å². The molecule has 0 radical (unpaired) electrons. The van der Waals surface area contributed by atoms with E-state index in [1.54, 1.807) is 28.4 Å². The summed E-state index contributed by atoms with van der Waals surface area (Å²) in [7, 11) is 6.83. The van der Waals surface area contributed by atoms with Gasteiger partial charge in [0.15, 0.2) is 0 Å². The van der Waals surface area contributed by atoms with Crippen molar-refractivity contribution < 1.29 is 28.8 Å². The standard InChI is InChI=1S/C51H68O6/c1-18-37-38-25-33(48(2,3)4)21-29(43(38)54-14)19-31-23-35(50(8,9)10)27-40(45(31)56-16)42(47(52)53)41-28-36(51(11,12)13)24-32(46(41)57-17)20-30-22-34(49(5,6)7)26-39(37)44(30)55-15/h21-28,37,42H,18-20H2,1-17H3,(H,52,53). The van der Waals surface area contributed by atoms with Gasteiger partial charge in [-0.3, -0.25) is 4.79 Å². The molecule has 0 atom stereocenters. The van der Waals surface area contributed by atoms with Gasteiger partial charge in [0.05, 0.1) is 28.4 Å². The molecule has 4 aromatic rings. The van der Waals surface area contributed by atoms with E-state index in [0.717, 1.165) is 62.4 Å². The van der Waals surface area contributed by atoms with Crippen LogP contribution in [-0.4, -0.2) is 39.5 Å². The maximum absolute atomic E-state index is 14.0. The van der Waals surface area contributed by atoms with Crippen molar-refractivity contribution in [3.63, 3.8) is 0 Å². The zero-order valence-corrected chi connectivity index (χ0v) is 37.9. The summed E-state index contributed by atoms with van der Waals surface area (Å²) < 4.78 is 25.7. The summed E-state index contributed by atoms with van der Waals surface area (Å²) in [5, 5.41) is 11.4. The lowest BCUT2D eigenvalue weighted by molar-refractivity contribution is -0.137. The molecule has 1 aliphatic carbocycles. The number of hydrogen-bond acceptors (Lipinski definition) is 5. The van der Waals surface area contributed by atoms with E-state index in [4.69, 9.17) is 18.9 Å². The third kappa shape index (κ3) is 8.57. The molecule has 4 aromatic carbocycles. The van der Waals surface area contributed by atoms with Crippen LogP contribution in [0.3, 0.4) is 0 Å². The quantitative estimate of drug-likeness (QED) is 0.210. The Hall–Kier alpha value is -4.45. The predicted molar refractivity (Wildman–Crippen MR) is 234 cm³/mol. The van der Waals surface area contributed by atoms with Crippen LogP contribution in [0, 0.1) is 0 Å². The molecule has 6 heteroatoms. The molecule has 0 fully saturated rings. The molecule has 0 amide bonds. The maximum atomic E-state index is 14.0. The highest BCUT2D eigenvalue weighted by Gasteiger charge is 2.36. The normalized spacial score (nSPS) is 16.2. The number of rotatable bonds is 6. The van der Waals surface area contributed by atoms with E-state index in [2.05, 4.69) is 126 Å². The lowest BCUT2D eigenvalue weighted by Crippen LogP contribution is -2.21. The summed E-state index contributed by atoms with van der Waals surface area (Å²) in [6, 6.07) is 17.7. The second-order valence-corrected chi connectivity index (χ2v) is 20.1. The van der Waals surface area contributed by atoms with Gasteiger partial charge in [-0.25, -0.2) is 0 Å². The van der Waals surface area contributed by atoms with Crippen LogP contribution in [0.15, 0.2) is 48.5 Å². The number of fused-ring (bicyclic) bond motifs is 8.